The highest BCUT2D eigenvalue weighted by atomic mass is 35.5. The average Bonchev–Trinajstić information content (AvgIpc) is 2.24. The molecule has 1 aromatic rings. The summed E-state index contributed by atoms with van der Waals surface area (Å²) in [6, 6.07) is 4.30. The van der Waals surface area contributed by atoms with E-state index in [0.717, 1.165) is 0 Å². The lowest BCUT2D eigenvalue weighted by atomic mass is 9.88. The molecule has 0 fully saturated rings. The summed E-state index contributed by atoms with van der Waals surface area (Å²) in [7, 11) is -3.89. The summed E-state index contributed by atoms with van der Waals surface area (Å²) in [6.07, 6.45) is 0. The zero-order valence-electron chi connectivity index (χ0n) is 10.8. The number of sulfonamides is 1. The van der Waals surface area contributed by atoms with Crippen LogP contribution in [0.5, 0.6) is 0 Å². The molecule has 5 nitrogen and oxygen atoms in total. The largest absolute Gasteiger partial charge is 0.480 e. The van der Waals surface area contributed by atoms with Crippen molar-refractivity contribution in [3.8, 4) is 0 Å². The van der Waals surface area contributed by atoms with Crippen molar-refractivity contribution in [3.63, 3.8) is 0 Å². The lowest BCUT2D eigenvalue weighted by Crippen LogP contribution is -2.48. The fraction of sp³-hybridized carbons (Fsp3) is 0.417. The molecule has 0 saturated heterocycles. The van der Waals surface area contributed by atoms with E-state index in [1.807, 2.05) is 0 Å². The number of benzene rings is 1. The maximum absolute atomic E-state index is 12.1. The SMILES string of the molecule is CC(C)(C)[C@H](NS(=O)(=O)c1ccc(Cl)cc1)C(=O)O. The molecule has 7 heteroatoms. The first-order valence-electron chi connectivity index (χ1n) is 5.55. The Bertz CT molecular complexity index is 560. The molecular formula is C12H16ClNO4S. The van der Waals surface area contributed by atoms with E-state index in [9.17, 15) is 13.2 Å². The van der Waals surface area contributed by atoms with Crippen LogP contribution < -0.4 is 4.72 Å². The molecule has 0 saturated carbocycles. The van der Waals surface area contributed by atoms with Crippen LogP contribution in [0.15, 0.2) is 29.2 Å². The first kappa shape index (κ1) is 15.9. The predicted molar refractivity (Wildman–Crippen MR) is 72.7 cm³/mol. The van der Waals surface area contributed by atoms with E-state index in [-0.39, 0.29) is 4.90 Å². The molecule has 0 aliphatic rings. The van der Waals surface area contributed by atoms with Gasteiger partial charge in [0, 0.05) is 5.02 Å². The smallest absolute Gasteiger partial charge is 0.322 e. The van der Waals surface area contributed by atoms with Gasteiger partial charge in [0.2, 0.25) is 10.0 Å². The molecule has 2 N–H and O–H groups in total. The van der Waals surface area contributed by atoms with Gasteiger partial charge in [0.05, 0.1) is 4.90 Å². The van der Waals surface area contributed by atoms with Crippen molar-refractivity contribution in [2.45, 2.75) is 31.7 Å². The molecule has 19 heavy (non-hydrogen) atoms. The topological polar surface area (TPSA) is 83.5 Å². The van der Waals surface area contributed by atoms with Crippen molar-refractivity contribution < 1.29 is 18.3 Å². The number of nitrogens with one attached hydrogen (secondary N) is 1. The molecule has 0 spiro atoms. The van der Waals surface area contributed by atoms with Gasteiger partial charge in [-0.15, -0.1) is 0 Å². The Labute approximate surface area is 117 Å². The fourth-order valence-electron chi connectivity index (χ4n) is 1.43. The minimum atomic E-state index is -3.89. The number of hydrogen-bond donors (Lipinski definition) is 2. The summed E-state index contributed by atoms with van der Waals surface area (Å²) in [4.78, 5) is 11.1. The van der Waals surface area contributed by atoms with Gasteiger partial charge in [0.1, 0.15) is 6.04 Å². The van der Waals surface area contributed by atoms with E-state index >= 15 is 0 Å². The number of halogens is 1. The molecule has 0 aliphatic heterocycles. The third kappa shape index (κ3) is 4.19. The Morgan fingerprint density at radius 1 is 1.26 bits per heavy atom. The van der Waals surface area contributed by atoms with E-state index < -0.39 is 27.4 Å². The van der Waals surface area contributed by atoms with Crippen LogP contribution in [-0.2, 0) is 14.8 Å². The second-order valence-corrected chi connectivity index (χ2v) is 7.36. The molecule has 1 rings (SSSR count). The van der Waals surface area contributed by atoms with Gasteiger partial charge in [-0.2, -0.15) is 4.72 Å². The Kier molecular flexibility index (Phi) is 4.60. The first-order valence-corrected chi connectivity index (χ1v) is 7.41. The summed E-state index contributed by atoms with van der Waals surface area (Å²) in [5, 5.41) is 9.52. The average molecular weight is 306 g/mol. The van der Waals surface area contributed by atoms with E-state index in [2.05, 4.69) is 4.72 Å². The van der Waals surface area contributed by atoms with Crippen molar-refractivity contribution in [3.05, 3.63) is 29.3 Å². The van der Waals surface area contributed by atoms with Gasteiger partial charge in [-0.1, -0.05) is 32.4 Å². The highest BCUT2D eigenvalue weighted by Gasteiger charge is 2.35. The first-order chi connectivity index (χ1) is 8.54. The predicted octanol–water partition coefficient (Wildman–Crippen LogP) is 2.12. The summed E-state index contributed by atoms with van der Waals surface area (Å²) >= 11 is 5.68. The number of aliphatic carboxylic acids is 1. The quantitative estimate of drug-likeness (QED) is 0.892. The standard InChI is InChI=1S/C12H16ClNO4S/c1-12(2,3)10(11(15)16)14-19(17,18)9-6-4-8(13)5-7-9/h4-7,10,14H,1-3H3,(H,15,16)/t10-/m1/s1. The number of carbonyl (C=O) groups is 1. The Morgan fingerprint density at radius 2 is 1.74 bits per heavy atom. The molecule has 1 atom stereocenters. The summed E-state index contributed by atoms with van der Waals surface area (Å²) in [6.45, 7) is 4.95. The van der Waals surface area contributed by atoms with Crippen molar-refractivity contribution in [2.24, 2.45) is 5.41 Å². The van der Waals surface area contributed by atoms with Gasteiger partial charge < -0.3 is 5.11 Å². The number of hydrogen-bond acceptors (Lipinski definition) is 3. The third-order valence-corrected chi connectivity index (χ3v) is 4.20. The second-order valence-electron chi connectivity index (χ2n) is 5.21. The maximum Gasteiger partial charge on any atom is 0.322 e. The lowest BCUT2D eigenvalue weighted by molar-refractivity contribution is -0.141. The van der Waals surface area contributed by atoms with Crippen molar-refractivity contribution in [2.75, 3.05) is 0 Å². The van der Waals surface area contributed by atoms with Crippen LogP contribution in [-0.4, -0.2) is 25.5 Å². The Morgan fingerprint density at radius 3 is 2.11 bits per heavy atom. The van der Waals surface area contributed by atoms with Gasteiger partial charge in [0.25, 0.3) is 0 Å². The van der Waals surface area contributed by atoms with E-state index in [4.69, 9.17) is 16.7 Å². The maximum atomic E-state index is 12.1. The Balaban J connectivity index is 3.08. The summed E-state index contributed by atoms with van der Waals surface area (Å²) in [5.74, 6) is -1.22. The van der Waals surface area contributed by atoms with Gasteiger partial charge in [-0.25, -0.2) is 8.42 Å². The minimum absolute atomic E-state index is 0.0209. The number of carboxylic acid groups (broad SMARTS) is 1. The van der Waals surface area contributed by atoms with Crippen LogP contribution in [0.1, 0.15) is 20.8 Å². The molecule has 0 heterocycles. The van der Waals surface area contributed by atoms with E-state index in [1.165, 1.54) is 24.3 Å². The highest BCUT2D eigenvalue weighted by Crippen LogP contribution is 2.22. The van der Waals surface area contributed by atoms with Crippen molar-refractivity contribution >= 4 is 27.6 Å². The molecule has 0 bridgehead atoms. The van der Waals surface area contributed by atoms with Crippen molar-refractivity contribution in [1.82, 2.24) is 4.72 Å². The molecule has 0 aromatic heterocycles. The number of rotatable bonds is 4. The van der Waals surface area contributed by atoms with Gasteiger partial charge >= 0.3 is 5.97 Å². The lowest BCUT2D eigenvalue weighted by Gasteiger charge is -2.27. The van der Waals surface area contributed by atoms with Gasteiger partial charge in [0.15, 0.2) is 0 Å². The van der Waals surface area contributed by atoms with Crippen LogP contribution in [0, 0.1) is 5.41 Å². The fourth-order valence-corrected chi connectivity index (χ4v) is 2.96. The molecular weight excluding hydrogens is 290 g/mol. The second kappa shape index (κ2) is 5.48. The van der Waals surface area contributed by atoms with Crippen LogP contribution in [0.25, 0.3) is 0 Å². The highest BCUT2D eigenvalue weighted by molar-refractivity contribution is 7.89. The Hall–Kier alpha value is -1.11. The molecule has 0 amide bonds. The van der Waals surface area contributed by atoms with E-state index in [1.54, 1.807) is 20.8 Å². The zero-order valence-corrected chi connectivity index (χ0v) is 12.4. The van der Waals surface area contributed by atoms with E-state index in [0.29, 0.717) is 5.02 Å². The monoisotopic (exact) mass is 305 g/mol. The molecule has 0 radical (unpaired) electrons. The van der Waals surface area contributed by atoms with Crippen LogP contribution in [0.4, 0.5) is 0 Å². The summed E-state index contributed by atoms with van der Waals surface area (Å²) in [5.41, 5.74) is -0.745. The van der Waals surface area contributed by atoms with Gasteiger partial charge in [-0.05, 0) is 29.7 Å². The normalized spacial score (nSPS) is 14.1. The molecule has 106 valence electrons. The van der Waals surface area contributed by atoms with Gasteiger partial charge in [-0.3, -0.25) is 4.79 Å². The molecule has 0 aliphatic carbocycles. The number of carboxylic acids is 1. The zero-order chi connectivity index (χ0) is 14.8. The van der Waals surface area contributed by atoms with Crippen LogP contribution >= 0.6 is 11.6 Å². The molecule has 0 unspecified atom stereocenters. The minimum Gasteiger partial charge on any atom is -0.480 e. The summed E-state index contributed by atoms with van der Waals surface area (Å²) < 4.78 is 26.4. The van der Waals surface area contributed by atoms with Crippen LogP contribution in [0.3, 0.4) is 0 Å². The van der Waals surface area contributed by atoms with Crippen LogP contribution in [0.2, 0.25) is 5.02 Å². The van der Waals surface area contributed by atoms with Crippen molar-refractivity contribution in [1.29, 1.82) is 0 Å². The molecule has 1 aromatic carbocycles. The third-order valence-electron chi connectivity index (χ3n) is 2.51.